The zero-order valence-electron chi connectivity index (χ0n) is 11.6. The summed E-state index contributed by atoms with van der Waals surface area (Å²) in [4.78, 5) is 1.19. The number of nitrogen functional groups attached to an aromatic ring is 1. The largest absolute Gasteiger partial charge is 0.494 e. The topological polar surface area (TPSA) is 35.2 Å². The van der Waals surface area contributed by atoms with Crippen molar-refractivity contribution >= 4 is 17.4 Å². The van der Waals surface area contributed by atoms with Crippen LogP contribution in [0.15, 0.2) is 23.1 Å². The number of ether oxygens (including phenoxy) is 1. The van der Waals surface area contributed by atoms with Crippen LogP contribution in [0.2, 0.25) is 0 Å². The van der Waals surface area contributed by atoms with Gasteiger partial charge >= 0.3 is 0 Å². The van der Waals surface area contributed by atoms with Crippen LogP contribution in [0.5, 0.6) is 5.75 Å². The smallest absolute Gasteiger partial charge is 0.120 e. The minimum absolute atomic E-state index is 0.709. The maximum absolute atomic E-state index is 6.07. The SMILES string of the molecule is CCOc1ccc(N)c(SCC2CC3CCC2C3)c1. The molecule has 1 aromatic rings. The van der Waals surface area contributed by atoms with Crippen LogP contribution in [-0.4, -0.2) is 12.4 Å². The van der Waals surface area contributed by atoms with Gasteiger partial charge in [-0.2, -0.15) is 0 Å². The van der Waals surface area contributed by atoms with E-state index in [1.54, 1.807) is 0 Å². The van der Waals surface area contributed by atoms with Gasteiger partial charge in [0.1, 0.15) is 5.75 Å². The van der Waals surface area contributed by atoms with Gasteiger partial charge in [0.15, 0.2) is 0 Å². The molecule has 3 atom stereocenters. The summed E-state index contributed by atoms with van der Waals surface area (Å²) in [6, 6.07) is 6.02. The normalized spacial score (nSPS) is 28.8. The summed E-state index contributed by atoms with van der Waals surface area (Å²) < 4.78 is 5.55. The molecule has 1 aromatic carbocycles. The molecule has 19 heavy (non-hydrogen) atoms. The van der Waals surface area contributed by atoms with Crippen LogP contribution in [0, 0.1) is 17.8 Å². The van der Waals surface area contributed by atoms with Crippen LogP contribution >= 0.6 is 11.8 Å². The van der Waals surface area contributed by atoms with Crippen LogP contribution in [-0.2, 0) is 0 Å². The van der Waals surface area contributed by atoms with Crippen molar-refractivity contribution in [1.29, 1.82) is 0 Å². The Morgan fingerprint density at radius 3 is 2.89 bits per heavy atom. The zero-order chi connectivity index (χ0) is 13.2. The van der Waals surface area contributed by atoms with Crippen molar-refractivity contribution in [2.75, 3.05) is 18.1 Å². The molecule has 2 N–H and O–H groups in total. The van der Waals surface area contributed by atoms with Gasteiger partial charge in [-0.1, -0.05) is 6.42 Å². The van der Waals surface area contributed by atoms with Crippen LogP contribution < -0.4 is 10.5 Å². The molecule has 0 radical (unpaired) electrons. The van der Waals surface area contributed by atoms with E-state index < -0.39 is 0 Å². The van der Waals surface area contributed by atoms with E-state index in [0.29, 0.717) is 6.61 Å². The first kappa shape index (κ1) is 13.2. The summed E-state index contributed by atoms with van der Waals surface area (Å²) in [5.41, 5.74) is 6.96. The molecule has 2 fully saturated rings. The third-order valence-electron chi connectivity index (χ3n) is 4.63. The number of fused-ring (bicyclic) bond motifs is 2. The van der Waals surface area contributed by atoms with Crippen molar-refractivity contribution in [3.63, 3.8) is 0 Å². The molecular weight excluding hydrogens is 254 g/mol. The second-order valence-corrected chi connectivity index (χ2v) is 6.94. The van der Waals surface area contributed by atoms with E-state index in [1.165, 1.54) is 36.3 Å². The predicted octanol–water partition coefficient (Wildman–Crippen LogP) is 4.20. The molecule has 0 saturated heterocycles. The quantitative estimate of drug-likeness (QED) is 0.647. The second kappa shape index (κ2) is 5.66. The lowest BCUT2D eigenvalue weighted by molar-refractivity contribution is 0.339. The number of hydrogen-bond donors (Lipinski definition) is 1. The average molecular weight is 277 g/mol. The molecule has 2 nitrogen and oxygen atoms in total. The maximum Gasteiger partial charge on any atom is 0.120 e. The molecule has 2 bridgehead atoms. The standard InChI is InChI=1S/C16H23NOS/c1-2-18-14-5-6-15(17)16(9-14)19-10-13-8-11-3-4-12(13)7-11/h5-6,9,11-13H,2-4,7-8,10,17H2,1H3. The fourth-order valence-corrected chi connectivity index (χ4v) is 4.91. The van der Waals surface area contributed by atoms with Crippen molar-refractivity contribution in [3.05, 3.63) is 18.2 Å². The number of anilines is 1. The molecular formula is C16H23NOS. The average Bonchev–Trinajstić information content (AvgIpc) is 3.02. The lowest BCUT2D eigenvalue weighted by atomic mass is 9.90. The van der Waals surface area contributed by atoms with Crippen molar-refractivity contribution in [1.82, 2.24) is 0 Å². The second-order valence-electron chi connectivity index (χ2n) is 5.88. The van der Waals surface area contributed by atoms with Crippen LogP contribution in [0.25, 0.3) is 0 Å². The number of benzene rings is 1. The third-order valence-corrected chi connectivity index (χ3v) is 5.89. The van der Waals surface area contributed by atoms with E-state index in [1.807, 2.05) is 30.8 Å². The van der Waals surface area contributed by atoms with E-state index >= 15 is 0 Å². The van der Waals surface area contributed by atoms with Gasteiger partial charge in [0.2, 0.25) is 0 Å². The lowest BCUT2D eigenvalue weighted by Crippen LogP contribution is -2.12. The summed E-state index contributed by atoms with van der Waals surface area (Å²) in [5.74, 6) is 5.10. The van der Waals surface area contributed by atoms with Crippen molar-refractivity contribution < 1.29 is 4.74 Å². The number of hydrogen-bond acceptors (Lipinski definition) is 3. The Balaban J connectivity index is 1.61. The van der Waals surface area contributed by atoms with E-state index in [0.717, 1.165) is 29.2 Å². The van der Waals surface area contributed by atoms with Crippen LogP contribution in [0.1, 0.15) is 32.6 Å². The Bertz CT molecular complexity index is 448. The predicted molar refractivity (Wildman–Crippen MR) is 81.7 cm³/mol. The van der Waals surface area contributed by atoms with E-state index in [9.17, 15) is 0 Å². The van der Waals surface area contributed by atoms with E-state index in [4.69, 9.17) is 10.5 Å². The molecule has 0 heterocycles. The van der Waals surface area contributed by atoms with Crippen LogP contribution in [0.3, 0.4) is 0 Å². The molecule has 3 rings (SSSR count). The van der Waals surface area contributed by atoms with E-state index in [-0.39, 0.29) is 0 Å². The summed E-state index contributed by atoms with van der Waals surface area (Å²) in [6.45, 7) is 2.72. The lowest BCUT2D eigenvalue weighted by Gasteiger charge is -2.21. The fourth-order valence-electron chi connectivity index (χ4n) is 3.67. The first-order valence-corrected chi connectivity index (χ1v) is 8.40. The van der Waals surface area contributed by atoms with Gasteiger partial charge in [-0.25, -0.2) is 0 Å². The molecule has 3 unspecified atom stereocenters. The highest BCUT2D eigenvalue weighted by molar-refractivity contribution is 7.99. The van der Waals surface area contributed by atoms with Gasteiger partial charge in [-0.3, -0.25) is 0 Å². The minimum Gasteiger partial charge on any atom is -0.494 e. The van der Waals surface area contributed by atoms with Gasteiger partial charge in [0.05, 0.1) is 6.61 Å². The molecule has 0 spiro atoms. The Morgan fingerprint density at radius 2 is 2.21 bits per heavy atom. The molecule has 104 valence electrons. The Labute approximate surface area is 120 Å². The van der Waals surface area contributed by atoms with Crippen LogP contribution in [0.4, 0.5) is 5.69 Å². The Hall–Kier alpha value is -0.830. The molecule has 0 aliphatic heterocycles. The molecule has 3 heteroatoms. The number of rotatable bonds is 5. The van der Waals surface area contributed by atoms with E-state index in [2.05, 4.69) is 6.07 Å². The van der Waals surface area contributed by atoms with Gasteiger partial charge in [-0.05, 0) is 62.1 Å². The third kappa shape index (κ3) is 2.86. The highest BCUT2D eigenvalue weighted by Crippen LogP contribution is 2.50. The van der Waals surface area contributed by atoms with Crippen molar-refractivity contribution in [2.24, 2.45) is 17.8 Å². The summed E-state index contributed by atoms with van der Waals surface area (Å²) in [7, 11) is 0. The summed E-state index contributed by atoms with van der Waals surface area (Å²) >= 11 is 1.92. The highest BCUT2D eigenvalue weighted by Gasteiger charge is 2.39. The van der Waals surface area contributed by atoms with Crippen molar-refractivity contribution in [3.8, 4) is 5.75 Å². The molecule has 2 saturated carbocycles. The summed E-state index contributed by atoms with van der Waals surface area (Å²) in [5, 5.41) is 0. The van der Waals surface area contributed by atoms with Gasteiger partial charge in [0.25, 0.3) is 0 Å². The fraction of sp³-hybridized carbons (Fsp3) is 0.625. The first-order chi connectivity index (χ1) is 9.26. The van der Waals surface area contributed by atoms with Gasteiger partial charge < -0.3 is 10.5 Å². The maximum atomic E-state index is 6.07. The van der Waals surface area contributed by atoms with Gasteiger partial charge in [0, 0.05) is 16.3 Å². The Morgan fingerprint density at radius 1 is 1.32 bits per heavy atom. The highest BCUT2D eigenvalue weighted by atomic mass is 32.2. The van der Waals surface area contributed by atoms with Gasteiger partial charge in [-0.15, -0.1) is 11.8 Å². The monoisotopic (exact) mass is 277 g/mol. The number of thioether (sulfide) groups is 1. The molecule has 0 aromatic heterocycles. The first-order valence-electron chi connectivity index (χ1n) is 7.41. The minimum atomic E-state index is 0.709. The molecule has 2 aliphatic rings. The van der Waals surface area contributed by atoms with Crippen molar-refractivity contribution in [2.45, 2.75) is 37.5 Å². The molecule has 2 aliphatic carbocycles. The summed E-state index contributed by atoms with van der Waals surface area (Å²) in [6.07, 6.45) is 5.88. The molecule has 0 amide bonds. The number of nitrogens with two attached hydrogens (primary N) is 1. The zero-order valence-corrected chi connectivity index (χ0v) is 12.4. The Kier molecular flexibility index (Phi) is 3.92.